The molecule has 0 atom stereocenters. The van der Waals surface area contributed by atoms with Gasteiger partial charge in [0.25, 0.3) is 5.91 Å². The monoisotopic (exact) mass is 394 g/mol. The summed E-state index contributed by atoms with van der Waals surface area (Å²) in [5.41, 5.74) is -1.12. The molecule has 0 aliphatic rings. The molecule has 3 rings (SSSR count). The highest BCUT2D eigenvalue weighted by Crippen LogP contribution is 2.36. The zero-order valence-corrected chi connectivity index (χ0v) is 14.5. The second-order valence-electron chi connectivity index (χ2n) is 5.81. The van der Waals surface area contributed by atoms with Crippen LogP contribution in [0, 0.1) is 12.7 Å². The molecule has 0 aliphatic heterocycles. The summed E-state index contributed by atoms with van der Waals surface area (Å²) in [6.45, 7) is 1.50. The van der Waals surface area contributed by atoms with Gasteiger partial charge in [-0.3, -0.25) is 4.79 Å². The molecule has 0 radical (unpaired) electrons. The van der Waals surface area contributed by atoms with Gasteiger partial charge in [0.15, 0.2) is 5.82 Å². The molecule has 0 unspecified atom stereocenters. The molecule has 3 aromatic rings. The Morgan fingerprint density at radius 2 is 1.86 bits per heavy atom. The lowest BCUT2D eigenvalue weighted by Crippen LogP contribution is -2.15. The Morgan fingerprint density at radius 3 is 2.46 bits per heavy atom. The van der Waals surface area contributed by atoms with E-state index in [1.54, 1.807) is 6.92 Å². The van der Waals surface area contributed by atoms with Crippen LogP contribution < -0.4 is 10.6 Å². The number of hydrogen-bond acceptors (Lipinski definition) is 5. The predicted molar refractivity (Wildman–Crippen MR) is 92.2 cm³/mol. The molecule has 0 saturated carbocycles. The molecule has 2 aromatic carbocycles. The van der Waals surface area contributed by atoms with Gasteiger partial charge in [-0.15, -0.1) is 0 Å². The van der Waals surface area contributed by atoms with E-state index in [0.29, 0.717) is 5.82 Å². The normalized spacial score (nSPS) is 11.3. The smallest absolute Gasteiger partial charge is 0.376 e. The van der Waals surface area contributed by atoms with Crippen LogP contribution in [0.4, 0.5) is 28.9 Å². The van der Waals surface area contributed by atoms with Crippen molar-refractivity contribution in [1.29, 1.82) is 0 Å². The summed E-state index contributed by atoms with van der Waals surface area (Å²) in [7, 11) is 0. The number of hydrogen-bond donors (Lipinski definition) is 2. The van der Waals surface area contributed by atoms with Crippen molar-refractivity contribution in [2.24, 2.45) is 0 Å². The third kappa shape index (κ3) is 4.64. The first-order valence-electron chi connectivity index (χ1n) is 8.03. The van der Waals surface area contributed by atoms with Crippen molar-refractivity contribution in [3.63, 3.8) is 0 Å². The second kappa shape index (κ2) is 7.67. The number of benzene rings is 2. The zero-order chi connectivity index (χ0) is 20.3. The zero-order valence-electron chi connectivity index (χ0n) is 14.5. The number of carbonyl (C=O) groups is 1. The van der Waals surface area contributed by atoms with Crippen LogP contribution in [0.2, 0.25) is 0 Å². The highest BCUT2D eigenvalue weighted by molar-refractivity contribution is 6.04. The van der Waals surface area contributed by atoms with Gasteiger partial charge in [0.2, 0.25) is 5.89 Å². The van der Waals surface area contributed by atoms with Crippen molar-refractivity contribution in [3.8, 4) is 0 Å². The quantitative estimate of drug-likeness (QED) is 0.627. The molecule has 0 bridgehead atoms. The van der Waals surface area contributed by atoms with Gasteiger partial charge in [-0.05, 0) is 49.4 Å². The first-order valence-corrected chi connectivity index (χ1v) is 8.03. The van der Waals surface area contributed by atoms with Gasteiger partial charge in [0.1, 0.15) is 5.82 Å². The van der Waals surface area contributed by atoms with Crippen LogP contribution in [-0.4, -0.2) is 16.0 Å². The lowest BCUT2D eigenvalue weighted by Gasteiger charge is -2.16. The Hall–Kier alpha value is -3.43. The summed E-state index contributed by atoms with van der Waals surface area (Å²) in [6, 6.07) is 7.95. The fourth-order valence-corrected chi connectivity index (χ4v) is 2.40. The largest absolute Gasteiger partial charge is 0.418 e. The number of carbonyl (C=O) groups excluding carboxylic acids is 1. The van der Waals surface area contributed by atoms with Crippen molar-refractivity contribution < 1.29 is 26.9 Å². The van der Waals surface area contributed by atoms with Gasteiger partial charge in [0.05, 0.1) is 12.1 Å². The Kier molecular flexibility index (Phi) is 5.30. The number of nitrogens with one attached hydrogen (secondary N) is 2. The number of rotatable bonds is 5. The lowest BCUT2D eigenvalue weighted by molar-refractivity contribution is -0.136. The standard InChI is InChI=1S/C18H14F4N4O2/c1-10-24-16(28-26-10)9-23-15-7-6-13(8-14(15)18(20,21)22)25-17(27)11-2-4-12(19)5-3-11/h2-8,23H,9H2,1H3,(H,25,27). The first-order chi connectivity index (χ1) is 13.2. The van der Waals surface area contributed by atoms with Crippen LogP contribution >= 0.6 is 0 Å². The fraction of sp³-hybridized carbons (Fsp3) is 0.167. The molecule has 0 spiro atoms. The van der Waals surface area contributed by atoms with E-state index < -0.39 is 23.5 Å². The molecule has 1 amide bonds. The Morgan fingerprint density at radius 1 is 1.14 bits per heavy atom. The summed E-state index contributed by atoms with van der Waals surface area (Å²) in [6.07, 6.45) is -4.66. The van der Waals surface area contributed by atoms with Crippen molar-refractivity contribution in [3.05, 3.63) is 71.1 Å². The summed E-state index contributed by atoms with van der Waals surface area (Å²) in [4.78, 5) is 16.0. The molecular formula is C18H14F4N4O2. The lowest BCUT2D eigenvalue weighted by atomic mass is 10.1. The average Bonchev–Trinajstić information content (AvgIpc) is 3.05. The van der Waals surface area contributed by atoms with Gasteiger partial charge >= 0.3 is 6.18 Å². The highest BCUT2D eigenvalue weighted by Gasteiger charge is 2.34. The number of amides is 1. The second-order valence-corrected chi connectivity index (χ2v) is 5.81. The molecule has 2 N–H and O–H groups in total. The van der Waals surface area contributed by atoms with Crippen molar-refractivity contribution in [2.75, 3.05) is 10.6 Å². The van der Waals surface area contributed by atoms with Crippen LogP contribution in [0.1, 0.15) is 27.6 Å². The number of halogens is 4. The topological polar surface area (TPSA) is 80.0 Å². The average molecular weight is 394 g/mol. The SMILES string of the molecule is Cc1noc(CNc2ccc(NC(=O)c3ccc(F)cc3)cc2C(F)(F)F)n1. The van der Waals surface area contributed by atoms with E-state index in [0.717, 1.165) is 18.2 Å². The fourth-order valence-electron chi connectivity index (χ4n) is 2.40. The maximum atomic E-state index is 13.4. The highest BCUT2D eigenvalue weighted by atomic mass is 19.4. The minimum Gasteiger partial charge on any atom is -0.376 e. The molecular weight excluding hydrogens is 380 g/mol. The Labute approximate surface area is 156 Å². The van der Waals surface area contributed by atoms with E-state index in [1.165, 1.54) is 24.3 Å². The maximum absolute atomic E-state index is 13.4. The molecule has 0 fully saturated rings. The third-order valence-corrected chi connectivity index (χ3v) is 3.69. The molecule has 0 saturated heterocycles. The number of aromatic nitrogens is 2. The van der Waals surface area contributed by atoms with Gasteiger partial charge < -0.3 is 15.2 Å². The van der Waals surface area contributed by atoms with Crippen molar-refractivity contribution in [2.45, 2.75) is 19.6 Å². The maximum Gasteiger partial charge on any atom is 0.418 e. The molecule has 1 aromatic heterocycles. The van der Waals surface area contributed by atoms with Crippen molar-refractivity contribution >= 4 is 17.3 Å². The molecule has 146 valence electrons. The van der Waals surface area contributed by atoms with Crippen LogP contribution in [0.3, 0.4) is 0 Å². The molecule has 1 heterocycles. The van der Waals surface area contributed by atoms with E-state index in [2.05, 4.69) is 20.8 Å². The predicted octanol–water partition coefficient (Wildman–Crippen LogP) is 4.40. The van der Waals surface area contributed by atoms with Gasteiger partial charge in [-0.25, -0.2) is 4.39 Å². The number of anilines is 2. The van der Waals surface area contributed by atoms with E-state index >= 15 is 0 Å². The third-order valence-electron chi connectivity index (χ3n) is 3.69. The van der Waals surface area contributed by atoms with Gasteiger partial charge in [-0.2, -0.15) is 18.2 Å². The van der Waals surface area contributed by atoms with E-state index in [4.69, 9.17) is 4.52 Å². The van der Waals surface area contributed by atoms with E-state index in [1.807, 2.05) is 0 Å². The van der Waals surface area contributed by atoms with Crippen LogP contribution in [0.25, 0.3) is 0 Å². The molecule has 6 nitrogen and oxygen atoms in total. The number of alkyl halides is 3. The summed E-state index contributed by atoms with van der Waals surface area (Å²) in [5.74, 6) is -0.677. The summed E-state index contributed by atoms with van der Waals surface area (Å²) >= 11 is 0. The molecule has 28 heavy (non-hydrogen) atoms. The number of nitrogens with zero attached hydrogens (tertiary/aromatic N) is 2. The summed E-state index contributed by atoms with van der Waals surface area (Å²) in [5, 5.41) is 8.52. The van der Waals surface area contributed by atoms with Crippen LogP contribution in [-0.2, 0) is 12.7 Å². The van der Waals surface area contributed by atoms with E-state index in [-0.39, 0.29) is 29.4 Å². The van der Waals surface area contributed by atoms with Gasteiger partial charge in [-0.1, -0.05) is 5.16 Å². The van der Waals surface area contributed by atoms with Crippen molar-refractivity contribution in [1.82, 2.24) is 10.1 Å². The summed E-state index contributed by atoms with van der Waals surface area (Å²) < 4.78 is 58.0. The Balaban J connectivity index is 1.79. The van der Waals surface area contributed by atoms with Crippen LogP contribution in [0.5, 0.6) is 0 Å². The van der Waals surface area contributed by atoms with Crippen LogP contribution in [0.15, 0.2) is 47.0 Å². The van der Waals surface area contributed by atoms with E-state index in [9.17, 15) is 22.4 Å². The molecule has 10 heteroatoms. The van der Waals surface area contributed by atoms with Gasteiger partial charge in [0, 0.05) is 16.9 Å². The minimum atomic E-state index is -4.66. The molecule has 0 aliphatic carbocycles. The minimum absolute atomic E-state index is 0.0548. The Bertz CT molecular complexity index is 984. The number of aryl methyl sites for hydroxylation is 1. The first kappa shape index (κ1) is 19.3.